The van der Waals surface area contributed by atoms with Gasteiger partial charge < -0.3 is 19.7 Å². The van der Waals surface area contributed by atoms with Crippen LogP contribution in [0.5, 0.6) is 11.5 Å². The third-order valence-electron chi connectivity index (χ3n) is 22.1. The summed E-state index contributed by atoms with van der Waals surface area (Å²) in [6, 6.07) is 14.5. The Hall–Kier alpha value is -3.02. The van der Waals surface area contributed by atoms with Crippen LogP contribution in [0.25, 0.3) is 0 Å². The van der Waals surface area contributed by atoms with Gasteiger partial charge in [0.25, 0.3) is 5.79 Å². The molecule has 0 spiro atoms. The summed E-state index contributed by atoms with van der Waals surface area (Å²) in [5.74, 6) is 9.99. The number of hydrogen-bond acceptors (Lipinski definition) is 4. The van der Waals surface area contributed by atoms with Gasteiger partial charge in [-0.2, -0.15) is 0 Å². The maximum Gasteiger partial charge on any atom is 0.335 e. The summed E-state index contributed by atoms with van der Waals surface area (Å²) in [5, 5.41) is 19.9. The fraction of sp³-hybridized carbons (Fsp3) is 0.741. The summed E-state index contributed by atoms with van der Waals surface area (Å²) in [7, 11) is 0. The molecule has 8 unspecified atom stereocenters. The molecule has 0 heterocycles. The minimum atomic E-state index is -0.919. The molecule has 16 saturated carbocycles. The van der Waals surface area contributed by atoms with Gasteiger partial charge in [0, 0.05) is 5.92 Å². The van der Waals surface area contributed by atoms with Crippen molar-refractivity contribution >= 4 is 11.9 Å². The van der Waals surface area contributed by atoms with E-state index >= 15 is 0 Å². The van der Waals surface area contributed by atoms with Crippen LogP contribution in [-0.4, -0.2) is 27.9 Å². The number of carboxylic acids is 2. The Morgan fingerprint density at radius 3 is 1.27 bits per heavy atom. The van der Waals surface area contributed by atoms with E-state index in [1.54, 1.807) is 43.5 Å². The standard InChI is InChI=1S/C54H66O6/c55-48(56)39-1-5-44(6-2-39)59-54(60-45-7-3-40(4-8-45)49(57)58)43-19-37-14-38(20-43)29-53(54,28-37)52-26-35-13-36(27-52)18-42(17-35)47(52)51-24-33-12-34(25-51)16-41(15-33)46(51)50-21-30-9-31(22-50)11-32(10-30)23-50/h1-8,30-38,41-43,46-47H,9-29H2,(H,55,56)(H,57,58). The van der Waals surface area contributed by atoms with E-state index in [0.717, 1.165) is 89.4 Å². The lowest BCUT2D eigenvalue weighted by Gasteiger charge is -2.81. The molecule has 318 valence electrons. The Bertz CT molecular complexity index is 1980. The molecule has 2 N–H and O–H groups in total. The largest absolute Gasteiger partial charge is 0.478 e. The van der Waals surface area contributed by atoms with Gasteiger partial charge in [0.2, 0.25) is 0 Å². The Morgan fingerprint density at radius 1 is 0.450 bits per heavy atom. The average Bonchev–Trinajstić information content (AvgIpc) is 3.18. The molecule has 0 saturated heterocycles. The predicted octanol–water partition coefficient (Wildman–Crippen LogP) is 12.2. The van der Waals surface area contributed by atoms with Crippen molar-refractivity contribution in [2.24, 2.45) is 105 Å². The van der Waals surface area contributed by atoms with E-state index in [2.05, 4.69) is 0 Å². The number of ether oxygens (including phenoxy) is 2. The molecule has 6 heteroatoms. The maximum absolute atomic E-state index is 12.1. The van der Waals surface area contributed by atoms with E-state index in [9.17, 15) is 19.8 Å². The molecule has 60 heavy (non-hydrogen) atoms. The van der Waals surface area contributed by atoms with E-state index < -0.39 is 17.7 Å². The van der Waals surface area contributed by atoms with Crippen molar-refractivity contribution in [2.75, 3.05) is 0 Å². The van der Waals surface area contributed by atoms with Gasteiger partial charge in [0.05, 0.1) is 16.5 Å². The smallest absolute Gasteiger partial charge is 0.335 e. The molecule has 16 bridgehead atoms. The van der Waals surface area contributed by atoms with Crippen LogP contribution in [0.4, 0.5) is 0 Å². The fourth-order valence-electron chi connectivity index (χ4n) is 22.7. The van der Waals surface area contributed by atoms with Crippen molar-refractivity contribution in [1.82, 2.24) is 0 Å². The Labute approximate surface area is 356 Å². The molecule has 18 rings (SSSR count). The first-order valence-electron chi connectivity index (χ1n) is 25.1. The van der Waals surface area contributed by atoms with Gasteiger partial charge in [-0.05, 0) is 277 Å². The number of rotatable bonds is 9. The van der Waals surface area contributed by atoms with Crippen LogP contribution >= 0.6 is 0 Å². The lowest BCUT2D eigenvalue weighted by molar-refractivity contribution is -0.386. The molecule has 0 radical (unpaired) electrons. The molecule has 2 aromatic carbocycles. The third kappa shape index (κ3) is 4.73. The van der Waals surface area contributed by atoms with Crippen molar-refractivity contribution in [3.63, 3.8) is 0 Å². The summed E-state index contributed by atoms with van der Waals surface area (Å²) in [5.41, 5.74) is 1.49. The van der Waals surface area contributed by atoms with Crippen molar-refractivity contribution < 1.29 is 29.3 Å². The van der Waals surface area contributed by atoms with Gasteiger partial charge in [0.1, 0.15) is 11.5 Å². The van der Waals surface area contributed by atoms with Crippen molar-refractivity contribution in [2.45, 2.75) is 141 Å². The lowest BCUT2D eigenvalue weighted by atomic mass is 9.24. The van der Waals surface area contributed by atoms with Crippen LogP contribution in [0, 0.1) is 105 Å². The summed E-state index contributed by atoms with van der Waals surface area (Å²) < 4.78 is 15.7. The number of hydrogen-bond donors (Lipinski definition) is 2. The molecule has 8 atom stereocenters. The van der Waals surface area contributed by atoms with E-state index in [-0.39, 0.29) is 27.9 Å². The summed E-state index contributed by atoms with van der Waals surface area (Å²) in [6.45, 7) is 0. The van der Waals surface area contributed by atoms with Gasteiger partial charge >= 0.3 is 11.9 Å². The Morgan fingerprint density at radius 2 is 0.833 bits per heavy atom. The van der Waals surface area contributed by atoms with Crippen molar-refractivity contribution in [1.29, 1.82) is 0 Å². The number of carboxylic acid groups (broad SMARTS) is 2. The van der Waals surface area contributed by atoms with Crippen LogP contribution < -0.4 is 9.47 Å². The molecule has 2 aromatic rings. The van der Waals surface area contributed by atoms with Crippen LogP contribution in [0.15, 0.2) is 48.5 Å². The zero-order valence-corrected chi connectivity index (χ0v) is 35.6. The molecule has 0 amide bonds. The molecular formula is C54H66O6. The van der Waals surface area contributed by atoms with Crippen LogP contribution in [0.1, 0.15) is 156 Å². The Kier molecular flexibility index (Phi) is 7.39. The second-order valence-electron chi connectivity index (χ2n) is 25.0. The van der Waals surface area contributed by atoms with Crippen LogP contribution in [0.2, 0.25) is 0 Å². The highest BCUT2D eigenvalue weighted by Crippen LogP contribution is 2.85. The zero-order valence-electron chi connectivity index (χ0n) is 35.6. The van der Waals surface area contributed by atoms with Crippen LogP contribution in [-0.2, 0) is 0 Å². The van der Waals surface area contributed by atoms with Gasteiger partial charge in [-0.25, -0.2) is 9.59 Å². The Balaban J connectivity index is 0.981. The number of aromatic carboxylic acids is 2. The van der Waals surface area contributed by atoms with Gasteiger partial charge in [0.15, 0.2) is 0 Å². The van der Waals surface area contributed by atoms with Gasteiger partial charge in [-0.3, -0.25) is 0 Å². The van der Waals surface area contributed by atoms with E-state index in [0.29, 0.717) is 22.7 Å². The summed E-state index contributed by atoms with van der Waals surface area (Å²) in [4.78, 5) is 24.2. The molecule has 16 aliphatic rings. The minimum Gasteiger partial charge on any atom is -0.478 e. The molecule has 16 fully saturated rings. The summed E-state index contributed by atoms with van der Waals surface area (Å²) >= 11 is 0. The molecule has 0 aromatic heterocycles. The predicted molar refractivity (Wildman–Crippen MR) is 226 cm³/mol. The normalized spacial score (nSPS) is 51.3. The second kappa shape index (κ2) is 12.2. The van der Waals surface area contributed by atoms with Crippen molar-refractivity contribution in [3.8, 4) is 11.5 Å². The third-order valence-corrected chi connectivity index (χ3v) is 22.1. The van der Waals surface area contributed by atoms with Gasteiger partial charge in [-0.1, -0.05) is 0 Å². The average molecular weight is 811 g/mol. The van der Waals surface area contributed by atoms with E-state index in [4.69, 9.17) is 9.47 Å². The van der Waals surface area contributed by atoms with Gasteiger partial charge in [-0.15, -0.1) is 0 Å². The lowest BCUT2D eigenvalue weighted by Crippen LogP contribution is -2.80. The van der Waals surface area contributed by atoms with E-state index in [1.165, 1.54) is 103 Å². The monoisotopic (exact) mass is 810 g/mol. The second-order valence-corrected chi connectivity index (χ2v) is 25.0. The molecular weight excluding hydrogens is 745 g/mol. The van der Waals surface area contributed by atoms with Crippen molar-refractivity contribution in [3.05, 3.63) is 59.7 Å². The molecule has 0 aliphatic heterocycles. The number of carbonyl (C=O) groups is 2. The highest BCUT2D eigenvalue weighted by Gasteiger charge is 2.82. The molecule has 6 nitrogen and oxygen atoms in total. The number of benzene rings is 2. The highest BCUT2D eigenvalue weighted by atomic mass is 16.7. The maximum atomic E-state index is 12.1. The SMILES string of the molecule is O=C(O)c1ccc(OC2(Oc3ccc(C(=O)O)cc3)C3CC4CC(C3)CC2(C23CC5CC(CC(C5)C2C25CC6CC(CC(C6)C2C26CC7CC(CC(C7)C2)C6)C5)C3)C4)cc1. The van der Waals surface area contributed by atoms with E-state index in [1.807, 2.05) is 24.3 Å². The summed E-state index contributed by atoms with van der Waals surface area (Å²) in [6.07, 6.45) is 29.7. The van der Waals surface area contributed by atoms with Crippen LogP contribution in [0.3, 0.4) is 0 Å². The fourth-order valence-corrected chi connectivity index (χ4v) is 22.7. The minimum absolute atomic E-state index is 0.131. The first-order chi connectivity index (χ1) is 29.0. The highest BCUT2D eigenvalue weighted by molar-refractivity contribution is 5.88. The topological polar surface area (TPSA) is 93.1 Å². The zero-order chi connectivity index (χ0) is 40.0. The first kappa shape index (κ1) is 36.5. The quantitative estimate of drug-likeness (QED) is 0.245. The molecule has 16 aliphatic carbocycles. The first-order valence-corrected chi connectivity index (χ1v) is 25.1.